The average molecular weight is 375 g/mol. The third kappa shape index (κ3) is 3.23. The third-order valence-electron chi connectivity index (χ3n) is 5.19. The maximum atomic E-state index is 13.3. The van der Waals surface area contributed by atoms with Gasteiger partial charge in [0.2, 0.25) is 11.6 Å². The first-order valence-electron chi connectivity index (χ1n) is 9.29. The Labute approximate surface area is 163 Å². The summed E-state index contributed by atoms with van der Waals surface area (Å²) in [7, 11) is 2.02. The van der Waals surface area contributed by atoms with Crippen molar-refractivity contribution in [3.05, 3.63) is 82.7 Å². The minimum Gasteiger partial charge on any atom is -0.364 e. The van der Waals surface area contributed by atoms with Crippen molar-refractivity contribution < 1.29 is 14.4 Å². The Balaban J connectivity index is 1.76. The van der Waals surface area contributed by atoms with Crippen LogP contribution in [0.25, 0.3) is 0 Å². The van der Waals surface area contributed by atoms with E-state index >= 15 is 0 Å². The summed E-state index contributed by atoms with van der Waals surface area (Å²) in [6.07, 6.45) is 0. The molecule has 28 heavy (non-hydrogen) atoms. The molecule has 1 fully saturated rings. The molecule has 2 aromatic carbocycles. The van der Waals surface area contributed by atoms with Gasteiger partial charge in [-0.05, 0) is 19.2 Å². The highest BCUT2D eigenvalue weighted by Gasteiger charge is 2.36. The number of hydrogen-bond acceptors (Lipinski definition) is 5. The molecule has 1 N–H and O–H groups in total. The van der Waals surface area contributed by atoms with Crippen LogP contribution in [-0.2, 0) is 0 Å². The number of nitrogens with one attached hydrogen (secondary N) is 1. The molecule has 2 aromatic rings. The van der Waals surface area contributed by atoms with Crippen LogP contribution in [0.2, 0.25) is 0 Å². The number of likely N-dealkylation sites (N-methyl/N-ethyl adjacent to an activating group) is 1. The zero-order valence-corrected chi connectivity index (χ0v) is 15.6. The molecular formula is C22H21N3O3. The normalized spacial score (nSPS) is 17.5. The van der Waals surface area contributed by atoms with Crippen molar-refractivity contribution in [2.24, 2.45) is 0 Å². The lowest BCUT2D eigenvalue weighted by Crippen LogP contribution is -2.48. The van der Waals surface area contributed by atoms with E-state index in [1.54, 1.807) is 48.5 Å². The van der Waals surface area contributed by atoms with Gasteiger partial charge in [0.25, 0.3) is 5.91 Å². The Morgan fingerprint density at radius 2 is 1.39 bits per heavy atom. The fourth-order valence-electron chi connectivity index (χ4n) is 3.59. The minimum atomic E-state index is -0.400. The zero-order valence-electron chi connectivity index (χ0n) is 15.6. The molecule has 2 aliphatic rings. The highest BCUT2D eigenvalue weighted by molar-refractivity contribution is 6.27. The summed E-state index contributed by atoms with van der Waals surface area (Å²) in [5.41, 5.74) is 1.52. The van der Waals surface area contributed by atoms with Crippen LogP contribution in [0, 0.1) is 0 Å². The predicted molar refractivity (Wildman–Crippen MR) is 105 cm³/mol. The number of carbonyl (C=O) groups excluding carboxylic acids is 3. The molecule has 0 aromatic heterocycles. The van der Waals surface area contributed by atoms with Gasteiger partial charge in [-0.2, -0.15) is 0 Å². The van der Waals surface area contributed by atoms with Gasteiger partial charge in [-0.15, -0.1) is 0 Å². The number of amides is 1. The number of piperazine rings is 1. The van der Waals surface area contributed by atoms with E-state index in [-0.39, 0.29) is 17.3 Å². The Morgan fingerprint density at radius 1 is 0.821 bits per heavy atom. The Kier molecular flexibility index (Phi) is 4.79. The summed E-state index contributed by atoms with van der Waals surface area (Å²) < 4.78 is 0. The number of fused-ring (bicyclic) bond motifs is 1. The van der Waals surface area contributed by atoms with Gasteiger partial charge in [-0.3, -0.25) is 14.4 Å². The maximum absolute atomic E-state index is 13.3. The molecule has 0 bridgehead atoms. The standard InChI is InChI=1S/C22H21N3O3/c1-24-11-13-25(14-12-24)19-18(23-22(28)15-7-3-2-4-8-15)20(26)16-9-5-6-10-17(16)21(19)27/h2-10H,11-14H2,1H3,(H,23,28). The first-order chi connectivity index (χ1) is 13.6. The molecule has 4 rings (SSSR count). The molecule has 0 spiro atoms. The summed E-state index contributed by atoms with van der Waals surface area (Å²) in [5, 5.41) is 2.73. The summed E-state index contributed by atoms with van der Waals surface area (Å²) >= 11 is 0. The Bertz CT molecular complexity index is 974. The van der Waals surface area contributed by atoms with E-state index in [1.165, 1.54) is 0 Å². The molecule has 1 aliphatic heterocycles. The van der Waals surface area contributed by atoms with E-state index in [0.29, 0.717) is 35.5 Å². The lowest BCUT2D eigenvalue weighted by Gasteiger charge is -2.37. The monoisotopic (exact) mass is 375 g/mol. The topological polar surface area (TPSA) is 69.7 Å². The number of rotatable bonds is 3. The van der Waals surface area contributed by atoms with Crippen molar-refractivity contribution in [2.45, 2.75) is 0 Å². The molecule has 1 heterocycles. The molecule has 0 unspecified atom stereocenters. The summed E-state index contributed by atoms with van der Waals surface area (Å²) in [6.45, 7) is 2.81. The zero-order chi connectivity index (χ0) is 19.7. The van der Waals surface area contributed by atoms with Crippen molar-refractivity contribution in [2.75, 3.05) is 33.2 Å². The summed E-state index contributed by atoms with van der Waals surface area (Å²) in [4.78, 5) is 43.2. The van der Waals surface area contributed by atoms with Crippen molar-refractivity contribution >= 4 is 17.5 Å². The second-order valence-electron chi connectivity index (χ2n) is 7.04. The van der Waals surface area contributed by atoms with Gasteiger partial charge in [-0.1, -0.05) is 42.5 Å². The number of benzene rings is 2. The van der Waals surface area contributed by atoms with Gasteiger partial charge < -0.3 is 15.1 Å². The molecule has 0 saturated carbocycles. The van der Waals surface area contributed by atoms with Crippen molar-refractivity contribution in [3.63, 3.8) is 0 Å². The van der Waals surface area contributed by atoms with Gasteiger partial charge in [0.15, 0.2) is 0 Å². The van der Waals surface area contributed by atoms with Crippen LogP contribution >= 0.6 is 0 Å². The molecule has 6 nitrogen and oxygen atoms in total. The second-order valence-corrected chi connectivity index (χ2v) is 7.04. The highest BCUT2D eigenvalue weighted by Crippen LogP contribution is 2.28. The average Bonchev–Trinajstić information content (AvgIpc) is 2.73. The van der Waals surface area contributed by atoms with Crippen LogP contribution in [0.15, 0.2) is 66.0 Å². The van der Waals surface area contributed by atoms with Crippen LogP contribution in [0.4, 0.5) is 0 Å². The first-order valence-corrected chi connectivity index (χ1v) is 9.29. The van der Waals surface area contributed by atoms with Crippen LogP contribution in [0.1, 0.15) is 31.1 Å². The van der Waals surface area contributed by atoms with Crippen molar-refractivity contribution in [1.82, 2.24) is 15.1 Å². The lowest BCUT2D eigenvalue weighted by atomic mass is 9.89. The number of allylic oxidation sites excluding steroid dienone is 2. The minimum absolute atomic E-state index is 0.0714. The van der Waals surface area contributed by atoms with E-state index < -0.39 is 5.91 Å². The van der Waals surface area contributed by atoms with Crippen molar-refractivity contribution in [3.8, 4) is 0 Å². The summed E-state index contributed by atoms with van der Waals surface area (Å²) in [6, 6.07) is 15.5. The van der Waals surface area contributed by atoms with Gasteiger partial charge in [-0.25, -0.2) is 0 Å². The number of hydrogen-bond donors (Lipinski definition) is 1. The SMILES string of the molecule is CN1CCN(C2=C(NC(=O)c3ccccc3)C(=O)c3ccccc3C2=O)CC1. The fraction of sp³-hybridized carbons (Fsp3) is 0.227. The van der Waals surface area contributed by atoms with Gasteiger partial charge >= 0.3 is 0 Å². The van der Waals surface area contributed by atoms with Gasteiger partial charge in [0.05, 0.1) is 0 Å². The van der Waals surface area contributed by atoms with E-state index in [9.17, 15) is 14.4 Å². The number of nitrogens with zero attached hydrogens (tertiary/aromatic N) is 2. The quantitative estimate of drug-likeness (QED) is 0.888. The van der Waals surface area contributed by atoms with Gasteiger partial charge in [0, 0.05) is 42.9 Å². The van der Waals surface area contributed by atoms with E-state index in [4.69, 9.17) is 0 Å². The molecule has 142 valence electrons. The number of Topliss-reactive ketones (excluding diaryl/α,β-unsaturated/α-hetero) is 2. The van der Waals surface area contributed by atoms with E-state index in [1.807, 2.05) is 18.0 Å². The van der Waals surface area contributed by atoms with Crippen LogP contribution in [0.5, 0.6) is 0 Å². The van der Waals surface area contributed by atoms with Crippen LogP contribution < -0.4 is 5.32 Å². The van der Waals surface area contributed by atoms with E-state index in [2.05, 4.69) is 10.2 Å². The molecule has 0 atom stereocenters. The number of ketones is 2. The van der Waals surface area contributed by atoms with Crippen molar-refractivity contribution in [1.29, 1.82) is 0 Å². The molecule has 1 amide bonds. The lowest BCUT2D eigenvalue weighted by molar-refractivity contribution is 0.0885. The molecular weight excluding hydrogens is 354 g/mol. The first kappa shape index (κ1) is 18.1. The van der Waals surface area contributed by atoms with Crippen LogP contribution in [0.3, 0.4) is 0 Å². The Hall–Kier alpha value is -3.25. The smallest absolute Gasteiger partial charge is 0.255 e. The summed E-state index contributed by atoms with van der Waals surface area (Å²) in [5.74, 6) is -0.945. The molecule has 0 radical (unpaired) electrons. The molecule has 1 saturated heterocycles. The molecule has 1 aliphatic carbocycles. The second kappa shape index (κ2) is 7.40. The maximum Gasteiger partial charge on any atom is 0.255 e. The Morgan fingerprint density at radius 3 is 2.04 bits per heavy atom. The van der Waals surface area contributed by atoms with Gasteiger partial charge in [0.1, 0.15) is 11.4 Å². The third-order valence-corrected chi connectivity index (χ3v) is 5.19. The van der Waals surface area contributed by atoms with E-state index in [0.717, 1.165) is 13.1 Å². The largest absolute Gasteiger partial charge is 0.364 e. The fourth-order valence-corrected chi connectivity index (χ4v) is 3.59. The predicted octanol–water partition coefficient (Wildman–Crippen LogP) is 1.95. The number of carbonyl (C=O) groups is 3. The highest BCUT2D eigenvalue weighted by atomic mass is 16.2. The molecule has 6 heteroatoms. The van der Waals surface area contributed by atoms with Crippen LogP contribution in [-0.4, -0.2) is 60.5 Å².